The summed E-state index contributed by atoms with van der Waals surface area (Å²) in [7, 11) is 0. The Morgan fingerprint density at radius 2 is 1.65 bits per heavy atom. The second-order valence-corrected chi connectivity index (χ2v) is 6.05. The van der Waals surface area contributed by atoms with Crippen molar-refractivity contribution in [3.63, 3.8) is 0 Å². The van der Waals surface area contributed by atoms with E-state index in [0.717, 1.165) is 6.42 Å². The van der Waals surface area contributed by atoms with Crippen LogP contribution in [-0.2, 0) is 9.59 Å². The molecule has 1 atom stereocenters. The molecular weight excluding hydrogens is 332 g/mol. The minimum Gasteiger partial charge on any atom is -0.480 e. The molecule has 26 heavy (non-hydrogen) atoms. The van der Waals surface area contributed by atoms with Gasteiger partial charge in [0, 0.05) is 17.7 Å². The first-order valence-corrected chi connectivity index (χ1v) is 8.40. The average Bonchev–Trinajstić information content (AvgIpc) is 2.65. The van der Waals surface area contributed by atoms with Crippen LogP contribution in [0.3, 0.4) is 0 Å². The molecule has 6 nitrogen and oxygen atoms in total. The predicted octanol–water partition coefficient (Wildman–Crippen LogP) is 3.02. The molecule has 0 saturated heterocycles. The van der Waals surface area contributed by atoms with Crippen molar-refractivity contribution in [3.8, 4) is 0 Å². The molecule has 2 aromatic carbocycles. The lowest BCUT2D eigenvalue weighted by molar-refractivity contribution is -0.135. The van der Waals surface area contributed by atoms with Crippen LogP contribution < -0.4 is 10.6 Å². The van der Waals surface area contributed by atoms with E-state index in [2.05, 4.69) is 29.7 Å². The van der Waals surface area contributed by atoms with Crippen molar-refractivity contribution in [1.82, 2.24) is 5.32 Å². The maximum Gasteiger partial charge on any atom is 0.322 e. The third-order valence-electron chi connectivity index (χ3n) is 4.00. The van der Waals surface area contributed by atoms with E-state index in [1.165, 1.54) is 5.56 Å². The lowest BCUT2D eigenvalue weighted by atomic mass is 9.96. The van der Waals surface area contributed by atoms with Gasteiger partial charge in [-0.15, -0.1) is 0 Å². The lowest BCUT2D eigenvalue weighted by Crippen LogP contribution is -2.29. The van der Waals surface area contributed by atoms with Crippen molar-refractivity contribution >= 4 is 23.5 Å². The number of amides is 2. The molecule has 1 unspecified atom stereocenters. The first kappa shape index (κ1) is 19.2. The van der Waals surface area contributed by atoms with E-state index in [1.807, 2.05) is 18.2 Å². The Morgan fingerprint density at radius 1 is 1.00 bits per heavy atom. The molecule has 0 heterocycles. The number of carboxylic acids is 1. The first-order valence-electron chi connectivity index (χ1n) is 8.40. The van der Waals surface area contributed by atoms with Crippen molar-refractivity contribution in [1.29, 1.82) is 0 Å². The zero-order valence-corrected chi connectivity index (χ0v) is 14.6. The van der Waals surface area contributed by atoms with Crippen LogP contribution in [0.25, 0.3) is 0 Å². The highest BCUT2D eigenvalue weighted by Crippen LogP contribution is 2.20. The van der Waals surface area contributed by atoms with Crippen molar-refractivity contribution < 1.29 is 19.5 Å². The molecule has 6 heteroatoms. The average molecular weight is 354 g/mol. The topological polar surface area (TPSA) is 95.5 Å². The molecule has 0 radical (unpaired) electrons. The summed E-state index contributed by atoms with van der Waals surface area (Å²) in [4.78, 5) is 34.3. The number of hydrogen-bond acceptors (Lipinski definition) is 3. The van der Waals surface area contributed by atoms with Crippen LogP contribution >= 0.6 is 0 Å². The van der Waals surface area contributed by atoms with E-state index < -0.39 is 18.4 Å². The van der Waals surface area contributed by atoms with Crippen molar-refractivity contribution in [3.05, 3.63) is 65.7 Å². The number of carboxylic acid groups (broad SMARTS) is 1. The molecule has 2 amide bonds. The van der Waals surface area contributed by atoms with Gasteiger partial charge in [-0.2, -0.15) is 0 Å². The fourth-order valence-electron chi connectivity index (χ4n) is 2.48. The van der Waals surface area contributed by atoms with E-state index in [9.17, 15) is 14.4 Å². The summed E-state index contributed by atoms with van der Waals surface area (Å²) >= 11 is 0. The molecule has 0 saturated carbocycles. The number of carbonyl (C=O) groups excluding carboxylic acids is 2. The number of anilines is 1. The fraction of sp³-hybridized carbons (Fsp3) is 0.250. The van der Waals surface area contributed by atoms with Gasteiger partial charge in [0.05, 0.1) is 0 Å². The first-order chi connectivity index (χ1) is 12.5. The predicted molar refractivity (Wildman–Crippen MR) is 99.1 cm³/mol. The Morgan fingerprint density at radius 3 is 2.27 bits per heavy atom. The van der Waals surface area contributed by atoms with Gasteiger partial charge in [-0.25, -0.2) is 0 Å². The Hall–Kier alpha value is -3.15. The molecule has 0 aromatic heterocycles. The van der Waals surface area contributed by atoms with E-state index in [0.29, 0.717) is 23.6 Å². The summed E-state index contributed by atoms with van der Waals surface area (Å²) in [5.74, 6) is -1.37. The van der Waals surface area contributed by atoms with Gasteiger partial charge in [0.15, 0.2) is 0 Å². The number of carbonyl (C=O) groups is 3. The standard InChI is InChI=1S/C20H22N2O4/c1-14(15-5-3-2-4-6-15)7-12-18(23)22-17-10-8-16(9-11-17)20(26)21-13-19(24)25/h2-6,8-11,14H,7,12-13H2,1H3,(H,21,26)(H,22,23)(H,24,25). The molecule has 0 spiro atoms. The SMILES string of the molecule is CC(CCC(=O)Nc1ccc(C(=O)NCC(=O)O)cc1)c1ccccc1. The number of hydrogen-bond donors (Lipinski definition) is 3. The van der Waals surface area contributed by atoms with Gasteiger partial charge in [0.25, 0.3) is 5.91 Å². The van der Waals surface area contributed by atoms with E-state index in [4.69, 9.17) is 5.11 Å². The monoisotopic (exact) mass is 354 g/mol. The molecular formula is C20H22N2O4. The highest BCUT2D eigenvalue weighted by Gasteiger charge is 2.10. The van der Waals surface area contributed by atoms with Crippen LogP contribution in [0.5, 0.6) is 0 Å². The number of benzene rings is 2. The van der Waals surface area contributed by atoms with Crippen molar-refractivity contribution in [2.24, 2.45) is 0 Å². The molecule has 0 bridgehead atoms. The third kappa shape index (κ3) is 6.05. The van der Waals surface area contributed by atoms with E-state index in [1.54, 1.807) is 24.3 Å². The zero-order valence-electron chi connectivity index (χ0n) is 14.6. The minimum absolute atomic E-state index is 0.0872. The number of aliphatic carboxylic acids is 1. The summed E-state index contributed by atoms with van der Waals surface area (Å²) in [5, 5.41) is 13.6. The van der Waals surface area contributed by atoms with E-state index >= 15 is 0 Å². The molecule has 3 N–H and O–H groups in total. The molecule has 0 fully saturated rings. The maximum absolute atomic E-state index is 12.1. The van der Waals surface area contributed by atoms with Crippen LogP contribution in [0.2, 0.25) is 0 Å². The number of rotatable bonds is 8. The van der Waals surface area contributed by atoms with Crippen LogP contribution in [0, 0.1) is 0 Å². The third-order valence-corrected chi connectivity index (χ3v) is 4.00. The van der Waals surface area contributed by atoms with Gasteiger partial charge >= 0.3 is 5.97 Å². The zero-order chi connectivity index (χ0) is 18.9. The molecule has 2 aromatic rings. The summed E-state index contributed by atoms with van der Waals surface area (Å²) in [6, 6.07) is 16.4. The van der Waals surface area contributed by atoms with Gasteiger partial charge < -0.3 is 15.7 Å². The van der Waals surface area contributed by atoms with Gasteiger partial charge in [-0.3, -0.25) is 14.4 Å². The second kappa shape index (κ2) is 9.36. The minimum atomic E-state index is -1.10. The smallest absolute Gasteiger partial charge is 0.322 e. The summed E-state index contributed by atoms with van der Waals surface area (Å²) in [6.07, 6.45) is 1.14. The van der Waals surface area contributed by atoms with Crippen LogP contribution in [-0.4, -0.2) is 29.4 Å². The van der Waals surface area contributed by atoms with Crippen molar-refractivity contribution in [2.75, 3.05) is 11.9 Å². The highest BCUT2D eigenvalue weighted by atomic mass is 16.4. The highest BCUT2D eigenvalue weighted by molar-refractivity contribution is 5.97. The summed E-state index contributed by atoms with van der Waals surface area (Å²) < 4.78 is 0. The van der Waals surface area contributed by atoms with Gasteiger partial charge in [0.2, 0.25) is 5.91 Å². The fourth-order valence-corrected chi connectivity index (χ4v) is 2.48. The Balaban J connectivity index is 1.81. The normalized spacial score (nSPS) is 11.4. The summed E-state index contributed by atoms with van der Waals surface area (Å²) in [5.41, 5.74) is 2.14. The van der Waals surface area contributed by atoms with Crippen LogP contribution in [0.1, 0.15) is 41.6 Å². The summed E-state index contributed by atoms with van der Waals surface area (Å²) in [6.45, 7) is 1.66. The van der Waals surface area contributed by atoms with Crippen LogP contribution in [0.15, 0.2) is 54.6 Å². The molecule has 136 valence electrons. The Kier molecular flexibility index (Phi) is 6.91. The Labute approximate surface area is 152 Å². The van der Waals surface area contributed by atoms with Gasteiger partial charge in [-0.1, -0.05) is 37.3 Å². The maximum atomic E-state index is 12.1. The van der Waals surface area contributed by atoms with Gasteiger partial charge in [0.1, 0.15) is 6.54 Å². The molecule has 2 rings (SSSR count). The largest absolute Gasteiger partial charge is 0.480 e. The molecule has 0 aliphatic heterocycles. The quantitative estimate of drug-likeness (QED) is 0.679. The Bertz CT molecular complexity index is 757. The lowest BCUT2D eigenvalue weighted by Gasteiger charge is -2.12. The van der Waals surface area contributed by atoms with Gasteiger partial charge in [-0.05, 0) is 42.2 Å². The van der Waals surface area contributed by atoms with Crippen molar-refractivity contribution in [2.45, 2.75) is 25.7 Å². The number of nitrogens with one attached hydrogen (secondary N) is 2. The molecule has 0 aliphatic carbocycles. The van der Waals surface area contributed by atoms with Crippen LogP contribution in [0.4, 0.5) is 5.69 Å². The molecule has 0 aliphatic rings. The second-order valence-electron chi connectivity index (χ2n) is 6.05. The van der Waals surface area contributed by atoms with E-state index in [-0.39, 0.29) is 5.91 Å².